The highest BCUT2D eigenvalue weighted by molar-refractivity contribution is 7.87. The van der Waals surface area contributed by atoms with Crippen LogP contribution in [0.25, 0.3) is 0 Å². The Bertz CT molecular complexity index is 1070. The van der Waals surface area contributed by atoms with Gasteiger partial charge in [0.15, 0.2) is 0 Å². The Morgan fingerprint density at radius 2 is 1.79 bits per heavy atom. The van der Waals surface area contributed by atoms with Gasteiger partial charge in [-0.2, -0.15) is 26.0 Å². The Labute approximate surface area is 222 Å². The molecule has 10 nitrogen and oxygen atoms in total. The summed E-state index contributed by atoms with van der Waals surface area (Å²) in [5.41, 5.74) is -0.542. The minimum atomic E-state index is -6.32. The normalized spacial score (nSPS) is 31.4. The highest BCUT2D eigenvalue weighted by atomic mass is 32.2. The number of ether oxygens (including phenoxy) is 4. The fourth-order valence-corrected chi connectivity index (χ4v) is 6.94. The molecule has 6 unspecified atom stereocenters. The van der Waals surface area contributed by atoms with Crippen LogP contribution in [0.5, 0.6) is 0 Å². The van der Waals surface area contributed by atoms with E-state index in [-0.39, 0.29) is 25.4 Å². The third kappa shape index (κ3) is 5.50. The summed E-state index contributed by atoms with van der Waals surface area (Å²) >= 11 is 0. The summed E-state index contributed by atoms with van der Waals surface area (Å²) in [6.07, 6.45) is 1.14. The molecule has 1 heterocycles. The van der Waals surface area contributed by atoms with Crippen LogP contribution >= 0.6 is 0 Å². The van der Waals surface area contributed by atoms with E-state index < -0.39 is 87.8 Å². The van der Waals surface area contributed by atoms with Crippen molar-refractivity contribution in [2.75, 3.05) is 13.2 Å². The van der Waals surface area contributed by atoms with Gasteiger partial charge in [0.05, 0.1) is 18.4 Å². The molecule has 3 aliphatic carbocycles. The second-order valence-corrected chi connectivity index (χ2v) is 12.3. The summed E-state index contributed by atoms with van der Waals surface area (Å²) in [6.45, 7) is 0.698. The molecule has 4 rings (SSSR count). The molecule has 1 saturated heterocycles. The average Bonchev–Trinajstić information content (AvgIpc) is 3.59. The smallest absolute Gasteiger partial charge is 0.431 e. The molecule has 1 aliphatic heterocycles. The van der Waals surface area contributed by atoms with E-state index in [1.165, 1.54) is 0 Å². The molecule has 1 N–H and O–H groups in total. The molecule has 2 bridgehead atoms. The molecule has 3 saturated carbocycles. The quantitative estimate of drug-likeness (QED) is 0.112. The van der Waals surface area contributed by atoms with Gasteiger partial charge in [0, 0.05) is 31.3 Å². The van der Waals surface area contributed by atoms with Gasteiger partial charge < -0.3 is 18.9 Å². The van der Waals surface area contributed by atoms with E-state index in [0.29, 0.717) is 12.8 Å². The zero-order chi connectivity index (χ0) is 28.8. The van der Waals surface area contributed by atoms with E-state index in [0.717, 1.165) is 25.7 Å². The Morgan fingerprint density at radius 3 is 2.41 bits per heavy atom. The number of fused-ring (bicyclic) bond motifs is 1. The first-order valence-corrected chi connectivity index (χ1v) is 14.5. The predicted octanol–water partition coefficient (Wildman–Crippen LogP) is 3.27. The first-order valence-electron chi connectivity index (χ1n) is 13.1. The molecule has 0 spiro atoms. The van der Waals surface area contributed by atoms with Gasteiger partial charge in [0.25, 0.3) is 0 Å². The topological polar surface area (TPSA) is 142 Å². The standard InChI is InChI=1S/C24H32F4O10S/c1-2-22(7-3-4-8-22)38-21(31)17-14-12-13-16(17)20(30)37-19(13)18(14)36-15(29)6-5-10-35-11-9-23(25,26)24(27,28)39(32,33)34/h13-14,16-19H,2-12H2,1H3,(H,32,33,34). The van der Waals surface area contributed by atoms with E-state index in [2.05, 4.69) is 0 Å². The van der Waals surface area contributed by atoms with Gasteiger partial charge in [0.1, 0.15) is 17.8 Å². The Morgan fingerprint density at radius 1 is 1.13 bits per heavy atom. The molecule has 0 aromatic carbocycles. The number of halogens is 4. The Balaban J connectivity index is 1.25. The summed E-state index contributed by atoms with van der Waals surface area (Å²) in [6, 6.07) is 0. The molecule has 0 amide bonds. The predicted molar refractivity (Wildman–Crippen MR) is 122 cm³/mol. The van der Waals surface area contributed by atoms with E-state index in [9.17, 15) is 40.4 Å². The van der Waals surface area contributed by atoms with Gasteiger partial charge in [-0.05, 0) is 44.9 Å². The molecule has 4 fully saturated rings. The summed E-state index contributed by atoms with van der Waals surface area (Å²) in [5, 5.41) is -5.67. The van der Waals surface area contributed by atoms with Crippen LogP contribution in [0.1, 0.15) is 64.7 Å². The molecule has 222 valence electrons. The highest BCUT2D eigenvalue weighted by Crippen LogP contribution is 2.59. The fourth-order valence-electron chi connectivity index (χ4n) is 6.46. The third-order valence-electron chi connectivity index (χ3n) is 8.54. The van der Waals surface area contributed by atoms with Crippen LogP contribution in [0, 0.1) is 23.7 Å². The van der Waals surface area contributed by atoms with Crippen LogP contribution < -0.4 is 0 Å². The van der Waals surface area contributed by atoms with Gasteiger partial charge >= 0.3 is 39.2 Å². The molecular weight excluding hydrogens is 556 g/mol. The zero-order valence-corrected chi connectivity index (χ0v) is 22.1. The fraction of sp³-hybridized carbons (Fsp3) is 0.875. The van der Waals surface area contributed by atoms with Crippen molar-refractivity contribution in [3.63, 3.8) is 0 Å². The zero-order valence-electron chi connectivity index (χ0n) is 21.3. The lowest BCUT2D eigenvalue weighted by Gasteiger charge is -2.34. The Hall–Kier alpha value is -2.00. The van der Waals surface area contributed by atoms with E-state index in [1.807, 2.05) is 6.92 Å². The summed E-state index contributed by atoms with van der Waals surface area (Å²) < 4.78 is 104. The number of hydrogen-bond donors (Lipinski definition) is 1. The Kier molecular flexibility index (Phi) is 8.27. The van der Waals surface area contributed by atoms with Crippen molar-refractivity contribution in [1.82, 2.24) is 0 Å². The first kappa shape index (κ1) is 30.0. The van der Waals surface area contributed by atoms with Gasteiger partial charge in [-0.25, -0.2) is 0 Å². The number of carbonyl (C=O) groups is 3. The second-order valence-electron chi connectivity index (χ2n) is 10.8. The molecule has 0 radical (unpaired) electrons. The van der Waals surface area contributed by atoms with Gasteiger partial charge in [-0.15, -0.1) is 0 Å². The number of hydrogen-bond acceptors (Lipinski definition) is 9. The van der Waals surface area contributed by atoms with Crippen molar-refractivity contribution in [2.24, 2.45) is 23.7 Å². The summed E-state index contributed by atoms with van der Waals surface area (Å²) in [5.74, 6) is -8.84. The number of esters is 3. The van der Waals surface area contributed by atoms with Crippen LogP contribution in [0.3, 0.4) is 0 Å². The maximum absolute atomic E-state index is 13.5. The van der Waals surface area contributed by atoms with Crippen LogP contribution in [0.2, 0.25) is 0 Å². The molecule has 6 atom stereocenters. The lowest BCUT2D eigenvalue weighted by atomic mass is 9.78. The van der Waals surface area contributed by atoms with Crippen LogP contribution in [0.15, 0.2) is 0 Å². The third-order valence-corrected chi connectivity index (χ3v) is 9.49. The molecule has 15 heteroatoms. The lowest BCUT2D eigenvalue weighted by molar-refractivity contribution is -0.175. The van der Waals surface area contributed by atoms with E-state index in [4.69, 9.17) is 23.5 Å². The minimum Gasteiger partial charge on any atom is -0.459 e. The second kappa shape index (κ2) is 10.8. The summed E-state index contributed by atoms with van der Waals surface area (Å²) in [4.78, 5) is 38.3. The monoisotopic (exact) mass is 588 g/mol. The number of carbonyl (C=O) groups excluding carboxylic acids is 3. The van der Waals surface area contributed by atoms with Gasteiger partial charge in [-0.3, -0.25) is 18.9 Å². The molecular formula is C24H32F4O10S. The van der Waals surface area contributed by atoms with E-state index in [1.54, 1.807) is 0 Å². The van der Waals surface area contributed by atoms with Crippen LogP contribution in [-0.4, -0.2) is 73.1 Å². The van der Waals surface area contributed by atoms with Crippen molar-refractivity contribution in [3.05, 3.63) is 0 Å². The number of alkyl halides is 4. The molecule has 4 aliphatic rings. The molecule has 39 heavy (non-hydrogen) atoms. The van der Waals surface area contributed by atoms with Crippen molar-refractivity contribution >= 4 is 28.0 Å². The average molecular weight is 589 g/mol. The van der Waals surface area contributed by atoms with Gasteiger partial charge in [-0.1, -0.05) is 6.92 Å². The van der Waals surface area contributed by atoms with Crippen molar-refractivity contribution in [3.8, 4) is 0 Å². The van der Waals surface area contributed by atoms with Crippen LogP contribution in [-0.2, 0) is 43.4 Å². The van der Waals surface area contributed by atoms with Gasteiger partial charge in [0.2, 0.25) is 0 Å². The van der Waals surface area contributed by atoms with E-state index >= 15 is 0 Å². The maximum Gasteiger partial charge on any atom is 0.431 e. The molecule has 0 aromatic heterocycles. The minimum absolute atomic E-state index is 0.0303. The first-order chi connectivity index (χ1) is 18.1. The lowest BCUT2D eigenvalue weighted by Crippen LogP contribution is -2.47. The van der Waals surface area contributed by atoms with Crippen LogP contribution in [0.4, 0.5) is 17.6 Å². The van der Waals surface area contributed by atoms with Crippen molar-refractivity contribution < 1.29 is 63.9 Å². The van der Waals surface area contributed by atoms with Crippen molar-refractivity contribution in [2.45, 2.75) is 93.7 Å². The number of rotatable bonds is 13. The van der Waals surface area contributed by atoms with Crippen molar-refractivity contribution in [1.29, 1.82) is 0 Å². The summed E-state index contributed by atoms with van der Waals surface area (Å²) in [7, 11) is -6.32. The SMILES string of the molecule is CCC1(OC(=O)C2C3CC4C(OC(=O)C42)C3OC(=O)CCCOCCC(F)(F)C(F)(F)S(=O)(=O)O)CCCC1. The largest absolute Gasteiger partial charge is 0.459 e. The maximum atomic E-state index is 13.5. The molecule has 0 aromatic rings. The highest BCUT2D eigenvalue weighted by Gasteiger charge is 2.70.